The molecule has 0 amide bonds. The van der Waals surface area contributed by atoms with Crippen molar-refractivity contribution in [3.63, 3.8) is 0 Å². The molecule has 6 rings (SSSR count). The van der Waals surface area contributed by atoms with Gasteiger partial charge in [-0.05, 0) is 92.8 Å². The van der Waals surface area contributed by atoms with Gasteiger partial charge in [0.2, 0.25) is 0 Å². The first-order valence-corrected chi connectivity index (χ1v) is 16.8. The molecule has 10 heteroatoms. The number of fused-ring (bicyclic) bond motifs is 4. The molecule has 232 valence electrons. The zero-order valence-electron chi connectivity index (χ0n) is 24.2. The van der Waals surface area contributed by atoms with Crippen LogP contribution in [0.15, 0.2) is 36.4 Å². The Kier molecular flexibility index (Phi) is 9.83. The van der Waals surface area contributed by atoms with Crippen LogP contribution in [-0.2, 0) is 23.8 Å². The van der Waals surface area contributed by atoms with Crippen LogP contribution in [0.1, 0.15) is 74.3 Å². The first kappa shape index (κ1) is 31.4. The molecule has 4 aliphatic heterocycles. The van der Waals surface area contributed by atoms with Gasteiger partial charge < -0.3 is 19.1 Å². The summed E-state index contributed by atoms with van der Waals surface area (Å²) in [5, 5.41) is 2.10. The molecule has 2 aromatic rings. The summed E-state index contributed by atoms with van der Waals surface area (Å²) in [5.41, 5.74) is 2.21. The average Bonchev–Trinajstić information content (AvgIpc) is 3.49. The standard InChI is InChI=1S/C33H37Cl4NO5/c1-38-20-4-8-30(38)24(22(14-20)18-2-6-26(34)28(36)12-18)16-41-32(39)10-11-33(40)42-17-25-23(15-21-5-9-31(25)43-21)19-3-7-27(35)29(37)13-19/h2-3,6-7,12-13,20-25,30-31H,4-5,8-11,14-17H2,1H3/t20?,21?,22-,23-,24+,25+,30-,31-/m1/s1. The molecule has 0 spiro atoms. The molecule has 0 aromatic heterocycles. The zero-order valence-corrected chi connectivity index (χ0v) is 27.2. The van der Waals surface area contributed by atoms with Crippen LogP contribution in [0.2, 0.25) is 20.1 Å². The second kappa shape index (κ2) is 13.4. The van der Waals surface area contributed by atoms with Gasteiger partial charge in [-0.2, -0.15) is 0 Å². The number of ether oxygens (including phenoxy) is 3. The van der Waals surface area contributed by atoms with Crippen molar-refractivity contribution in [2.24, 2.45) is 11.8 Å². The van der Waals surface area contributed by atoms with E-state index in [1.54, 1.807) is 0 Å². The lowest BCUT2D eigenvalue weighted by Crippen LogP contribution is -2.47. The fraction of sp³-hybridized carbons (Fsp3) is 0.576. The van der Waals surface area contributed by atoms with Crippen LogP contribution in [0.5, 0.6) is 0 Å². The molecule has 4 bridgehead atoms. The molecular formula is C33H37Cl4NO5. The van der Waals surface area contributed by atoms with Crippen LogP contribution in [0, 0.1) is 11.8 Å². The van der Waals surface area contributed by atoms with E-state index in [2.05, 4.69) is 11.9 Å². The zero-order chi connectivity index (χ0) is 30.2. The minimum Gasteiger partial charge on any atom is -0.465 e. The predicted octanol–water partition coefficient (Wildman–Crippen LogP) is 8.08. The van der Waals surface area contributed by atoms with Crippen molar-refractivity contribution in [2.45, 2.75) is 87.5 Å². The van der Waals surface area contributed by atoms with E-state index in [0.717, 1.165) is 49.7 Å². The number of nitrogens with zero attached hydrogens (tertiary/aromatic N) is 1. The summed E-state index contributed by atoms with van der Waals surface area (Å²) >= 11 is 25.0. The Morgan fingerprint density at radius 3 is 1.95 bits per heavy atom. The number of carbonyl (C=O) groups excluding carboxylic acids is 2. The molecular weight excluding hydrogens is 632 g/mol. The molecule has 0 saturated carbocycles. The van der Waals surface area contributed by atoms with Crippen molar-refractivity contribution in [3.05, 3.63) is 67.6 Å². The normalized spacial score (nSPS) is 31.7. The van der Waals surface area contributed by atoms with E-state index >= 15 is 0 Å². The minimum absolute atomic E-state index is 0.0173. The molecule has 0 radical (unpaired) electrons. The molecule has 2 aromatic carbocycles. The fourth-order valence-electron chi connectivity index (χ4n) is 7.95. The highest BCUT2D eigenvalue weighted by atomic mass is 35.5. The number of halogens is 4. The molecule has 6 nitrogen and oxygen atoms in total. The van der Waals surface area contributed by atoms with Crippen LogP contribution < -0.4 is 0 Å². The molecule has 4 saturated heterocycles. The van der Waals surface area contributed by atoms with Gasteiger partial charge in [-0.3, -0.25) is 9.59 Å². The van der Waals surface area contributed by atoms with Gasteiger partial charge in [0.15, 0.2) is 0 Å². The number of carbonyl (C=O) groups is 2. The summed E-state index contributed by atoms with van der Waals surface area (Å²) < 4.78 is 17.7. The van der Waals surface area contributed by atoms with Crippen molar-refractivity contribution in [2.75, 3.05) is 20.3 Å². The number of hydrogen-bond acceptors (Lipinski definition) is 6. The Morgan fingerprint density at radius 2 is 1.35 bits per heavy atom. The first-order valence-electron chi connectivity index (χ1n) is 15.3. The Hall–Kier alpha value is -1.54. The van der Waals surface area contributed by atoms with Crippen LogP contribution in [0.25, 0.3) is 0 Å². The maximum Gasteiger partial charge on any atom is 0.306 e. The van der Waals surface area contributed by atoms with E-state index in [1.165, 1.54) is 0 Å². The Balaban J connectivity index is 1.02. The molecule has 0 aliphatic carbocycles. The monoisotopic (exact) mass is 667 g/mol. The second-order valence-corrected chi connectivity index (χ2v) is 14.2. The summed E-state index contributed by atoms with van der Waals surface area (Å²) in [6, 6.07) is 12.4. The summed E-state index contributed by atoms with van der Waals surface area (Å²) in [7, 11) is 2.16. The minimum atomic E-state index is -0.408. The van der Waals surface area contributed by atoms with E-state index in [9.17, 15) is 9.59 Å². The van der Waals surface area contributed by atoms with Crippen molar-refractivity contribution >= 4 is 58.3 Å². The highest BCUT2D eigenvalue weighted by Crippen LogP contribution is 2.48. The van der Waals surface area contributed by atoms with Crippen molar-refractivity contribution < 1.29 is 23.8 Å². The third-order valence-corrected chi connectivity index (χ3v) is 11.7. The average molecular weight is 669 g/mol. The third kappa shape index (κ3) is 6.85. The Labute approximate surface area is 273 Å². The molecule has 8 atom stereocenters. The van der Waals surface area contributed by atoms with E-state index < -0.39 is 5.97 Å². The maximum atomic E-state index is 12.8. The van der Waals surface area contributed by atoms with Crippen molar-refractivity contribution in [1.29, 1.82) is 0 Å². The van der Waals surface area contributed by atoms with Gasteiger partial charge in [-0.1, -0.05) is 58.5 Å². The van der Waals surface area contributed by atoms with Crippen LogP contribution in [0.4, 0.5) is 0 Å². The second-order valence-electron chi connectivity index (χ2n) is 12.6. The molecule has 4 aliphatic rings. The lowest BCUT2D eigenvalue weighted by molar-refractivity contribution is -0.154. The molecule has 4 heterocycles. The summed E-state index contributed by atoms with van der Waals surface area (Å²) in [5.74, 6) is -0.264. The van der Waals surface area contributed by atoms with Gasteiger partial charge in [0, 0.05) is 23.9 Å². The summed E-state index contributed by atoms with van der Waals surface area (Å²) in [6.07, 6.45) is 6.18. The van der Waals surface area contributed by atoms with Gasteiger partial charge in [0.25, 0.3) is 0 Å². The van der Waals surface area contributed by atoms with Gasteiger partial charge >= 0.3 is 11.9 Å². The highest BCUT2D eigenvalue weighted by Gasteiger charge is 2.47. The van der Waals surface area contributed by atoms with E-state index in [0.29, 0.717) is 38.8 Å². The smallest absolute Gasteiger partial charge is 0.306 e. The van der Waals surface area contributed by atoms with Crippen molar-refractivity contribution in [1.82, 2.24) is 4.90 Å². The van der Waals surface area contributed by atoms with Gasteiger partial charge in [0.1, 0.15) is 0 Å². The van der Waals surface area contributed by atoms with E-state index in [1.807, 2.05) is 36.4 Å². The SMILES string of the molecule is CN1C2CC[C@@H]1[C@@H](COC(=O)CCC(=O)OC[C@H]1[C@@H](c3ccc(Cl)c(Cl)c3)CC3CC[C@H]1O3)[C@@H](c1ccc(Cl)c(Cl)c1)C2. The van der Waals surface area contributed by atoms with Crippen LogP contribution >= 0.6 is 46.4 Å². The number of benzene rings is 2. The van der Waals surface area contributed by atoms with Crippen molar-refractivity contribution in [3.8, 4) is 0 Å². The van der Waals surface area contributed by atoms with Crippen LogP contribution in [0.3, 0.4) is 0 Å². The Bertz CT molecular complexity index is 1360. The lowest BCUT2D eigenvalue weighted by atomic mass is 9.76. The van der Waals surface area contributed by atoms with E-state index in [-0.39, 0.29) is 61.3 Å². The molecule has 43 heavy (non-hydrogen) atoms. The maximum absolute atomic E-state index is 12.8. The highest BCUT2D eigenvalue weighted by molar-refractivity contribution is 6.42. The number of rotatable bonds is 9. The topological polar surface area (TPSA) is 65.1 Å². The number of esters is 2. The van der Waals surface area contributed by atoms with Gasteiger partial charge in [-0.15, -0.1) is 0 Å². The number of piperidine rings is 1. The quantitative estimate of drug-likeness (QED) is 0.252. The van der Waals surface area contributed by atoms with Gasteiger partial charge in [-0.25, -0.2) is 0 Å². The lowest BCUT2D eigenvalue weighted by Gasteiger charge is -2.43. The third-order valence-electron chi connectivity index (χ3n) is 10.2. The fourth-order valence-corrected chi connectivity index (χ4v) is 8.56. The summed E-state index contributed by atoms with van der Waals surface area (Å²) in [6.45, 7) is 0.535. The number of hydrogen-bond donors (Lipinski definition) is 0. The summed E-state index contributed by atoms with van der Waals surface area (Å²) in [4.78, 5) is 28.0. The van der Waals surface area contributed by atoms with E-state index in [4.69, 9.17) is 60.6 Å². The molecule has 4 fully saturated rings. The molecule has 0 N–H and O–H groups in total. The molecule has 2 unspecified atom stereocenters. The van der Waals surface area contributed by atoms with Gasteiger partial charge in [0.05, 0.1) is 58.4 Å². The largest absolute Gasteiger partial charge is 0.465 e. The predicted molar refractivity (Wildman–Crippen MR) is 168 cm³/mol. The van der Waals surface area contributed by atoms with Crippen LogP contribution in [-0.4, -0.2) is 61.4 Å². The first-order chi connectivity index (χ1) is 20.7. The Morgan fingerprint density at radius 1 is 0.767 bits per heavy atom.